The van der Waals surface area contributed by atoms with Crippen LogP contribution in [0.3, 0.4) is 0 Å². The molecule has 6 nitrogen and oxygen atoms in total. The fourth-order valence-corrected chi connectivity index (χ4v) is 4.09. The van der Waals surface area contributed by atoms with Crippen molar-refractivity contribution in [3.8, 4) is 11.1 Å². The summed E-state index contributed by atoms with van der Waals surface area (Å²) >= 11 is 0. The molecule has 4 rings (SSSR count). The molecule has 0 fully saturated rings. The van der Waals surface area contributed by atoms with Gasteiger partial charge in [0.2, 0.25) is 5.91 Å². The third-order valence-corrected chi connectivity index (χ3v) is 5.42. The number of rotatable bonds is 5. The van der Waals surface area contributed by atoms with Gasteiger partial charge in [-0.3, -0.25) is 9.59 Å². The molecule has 2 amide bonds. The molecule has 0 bridgehead atoms. The maximum atomic E-state index is 13.0. The van der Waals surface area contributed by atoms with Crippen molar-refractivity contribution in [2.45, 2.75) is 18.9 Å². The number of amides is 2. The van der Waals surface area contributed by atoms with Crippen molar-refractivity contribution in [1.82, 2.24) is 5.32 Å². The average molecular weight is 414 g/mol. The van der Waals surface area contributed by atoms with Gasteiger partial charge in [0.25, 0.3) is 5.91 Å². The number of hydrogen-bond donors (Lipinski definition) is 2. The van der Waals surface area contributed by atoms with Crippen LogP contribution >= 0.6 is 0 Å². The molecular weight excluding hydrogens is 392 g/mol. The van der Waals surface area contributed by atoms with E-state index in [2.05, 4.69) is 10.6 Å². The standard InChI is InChI=1S/C25H22N2O4/c1-15(28)26-17-13-11-16(12-14-17)24(29)27-23(25(30)31-2)22-20-9-5-3-7-18(20)19-8-4-6-10-21(19)22/h3-14,22-23H,1-2H3,(H,26,28)(H,27,29)/t23-/m0/s1. The van der Waals surface area contributed by atoms with Crippen LogP contribution in [0.2, 0.25) is 0 Å². The van der Waals surface area contributed by atoms with Crippen LogP contribution in [0.4, 0.5) is 5.69 Å². The Bertz CT molecular complexity index is 1110. The number of ether oxygens (including phenoxy) is 1. The molecule has 0 unspecified atom stereocenters. The number of anilines is 1. The van der Waals surface area contributed by atoms with Crippen molar-refractivity contribution in [1.29, 1.82) is 0 Å². The van der Waals surface area contributed by atoms with E-state index in [4.69, 9.17) is 4.74 Å². The second-order valence-electron chi connectivity index (χ2n) is 7.39. The largest absolute Gasteiger partial charge is 0.467 e. The molecule has 0 saturated heterocycles. The van der Waals surface area contributed by atoms with Crippen molar-refractivity contribution >= 4 is 23.5 Å². The van der Waals surface area contributed by atoms with E-state index in [1.807, 2.05) is 48.5 Å². The zero-order valence-electron chi connectivity index (χ0n) is 17.2. The summed E-state index contributed by atoms with van der Waals surface area (Å²) in [5.41, 5.74) is 5.01. The predicted octanol–water partition coefficient (Wildman–Crippen LogP) is 3.73. The summed E-state index contributed by atoms with van der Waals surface area (Å²) < 4.78 is 5.05. The van der Waals surface area contributed by atoms with Gasteiger partial charge in [-0.05, 0) is 46.5 Å². The first kappa shape index (κ1) is 20.3. The van der Waals surface area contributed by atoms with Gasteiger partial charge in [-0.2, -0.15) is 0 Å². The minimum atomic E-state index is -0.891. The Morgan fingerprint density at radius 1 is 0.839 bits per heavy atom. The number of fused-ring (bicyclic) bond motifs is 3. The second kappa shape index (κ2) is 8.44. The SMILES string of the molecule is COC(=O)[C@@H](NC(=O)c1ccc(NC(C)=O)cc1)C1c2ccccc2-c2ccccc21. The second-order valence-corrected chi connectivity index (χ2v) is 7.39. The summed E-state index contributed by atoms with van der Waals surface area (Å²) in [7, 11) is 1.32. The van der Waals surface area contributed by atoms with E-state index in [1.165, 1.54) is 14.0 Å². The van der Waals surface area contributed by atoms with Gasteiger partial charge < -0.3 is 15.4 Å². The lowest BCUT2D eigenvalue weighted by Crippen LogP contribution is -2.45. The minimum Gasteiger partial charge on any atom is -0.467 e. The Morgan fingerprint density at radius 3 is 1.90 bits per heavy atom. The van der Waals surface area contributed by atoms with E-state index < -0.39 is 17.9 Å². The van der Waals surface area contributed by atoms with Crippen molar-refractivity contribution in [2.75, 3.05) is 12.4 Å². The smallest absolute Gasteiger partial charge is 0.329 e. The molecule has 1 aliphatic carbocycles. The molecule has 0 aromatic heterocycles. The van der Waals surface area contributed by atoms with Crippen LogP contribution in [0.5, 0.6) is 0 Å². The third kappa shape index (κ3) is 3.92. The van der Waals surface area contributed by atoms with Gasteiger partial charge in [-0.25, -0.2) is 4.79 Å². The molecule has 3 aromatic rings. The topological polar surface area (TPSA) is 84.5 Å². The van der Waals surface area contributed by atoms with Gasteiger partial charge in [-0.15, -0.1) is 0 Å². The molecule has 0 spiro atoms. The number of benzene rings is 3. The lowest BCUT2D eigenvalue weighted by Gasteiger charge is -2.24. The van der Waals surface area contributed by atoms with Crippen LogP contribution in [0.15, 0.2) is 72.8 Å². The van der Waals surface area contributed by atoms with E-state index in [0.717, 1.165) is 22.3 Å². The Kier molecular flexibility index (Phi) is 5.54. The van der Waals surface area contributed by atoms with E-state index in [0.29, 0.717) is 11.3 Å². The highest BCUT2D eigenvalue weighted by molar-refractivity contribution is 5.98. The fraction of sp³-hybridized carbons (Fsp3) is 0.160. The summed E-state index contributed by atoms with van der Waals surface area (Å²) in [6.45, 7) is 1.42. The zero-order chi connectivity index (χ0) is 22.0. The van der Waals surface area contributed by atoms with Crippen LogP contribution in [0, 0.1) is 0 Å². The Balaban J connectivity index is 1.67. The van der Waals surface area contributed by atoms with Crippen LogP contribution in [-0.2, 0) is 14.3 Å². The van der Waals surface area contributed by atoms with Crippen molar-refractivity contribution in [2.24, 2.45) is 0 Å². The molecule has 6 heteroatoms. The van der Waals surface area contributed by atoms with Gasteiger partial charge in [0.05, 0.1) is 7.11 Å². The lowest BCUT2D eigenvalue weighted by molar-refractivity contribution is -0.143. The monoisotopic (exact) mass is 414 g/mol. The van der Waals surface area contributed by atoms with Crippen LogP contribution in [0.1, 0.15) is 34.3 Å². The summed E-state index contributed by atoms with van der Waals surface area (Å²) in [5.74, 6) is -1.46. The molecule has 31 heavy (non-hydrogen) atoms. The predicted molar refractivity (Wildman–Crippen MR) is 118 cm³/mol. The molecule has 0 aliphatic heterocycles. The summed E-state index contributed by atoms with van der Waals surface area (Å²) in [6.07, 6.45) is 0. The number of nitrogens with one attached hydrogen (secondary N) is 2. The molecule has 0 saturated carbocycles. The number of methoxy groups -OCH3 is 1. The summed E-state index contributed by atoms with van der Waals surface area (Å²) in [4.78, 5) is 37.0. The molecule has 1 atom stereocenters. The fourth-order valence-electron chi connectivity index (χ4n) is 4.09. The van der Waals surface area contributed by atoms with Gasteiger partial charge in [-0.1, -0.05) is 48.5 Å². The van der Waals surface area contributed by atoms with E-state index >= 15 is 0 Å². The maximum Gasteiger partial charge on any atom is 0.329 e. The number of esters is 1. The molecular formula is C25H22N2O4. The minimum absolute atomic E-state index is 0.193. The molecule has 1 aliphatic rings. The molecule has 0 heterocycles. The van der Waals surface area contributed by atoms with Crippen LogP contribution < -0.4 is 10.6 Å². The first-order chi connectivity index (χ1) is 15.0. The average Bonchev–Trinajstić information content (AvgIpc) is 3.11. The van der Waals surface area contributed by atoms with Gasteiger partial charge >= 0.3 is 5.97 Å². The van der Waals surface area contributed by atoms with Gasteiger partial charge in [0, 0.05) is 24.1 Å². The van der Waals surface area contributed by atoms with E-state index in [1.54, 1.807) is 24.3 Å². The van der Waals surface area contributed by atoms with Crippen molar-refractivity contribution in [3.05, 3.63) is 89.5 Å². The Morgan fingerprint density at radius 2 is 1.39 bits per heavy atom. The number of carbonyl (C=O) groups excluding carboxylic acids is 3. The number of hydrogen-bond acceptors (Lipinski definition) is 4. The molecule has 2 N–H and O–H groups in total. The van der Waals surface area contributed by atoms with Crippen molar-refractivity contribution < 1.29 is 19.1 Å². The molecule has 156 valence electrons. The highest BCUT2D eigenvalue weighted by Crippen LogP contribution is 2.46. The highest BCUT2D eigenvalue weighted by Gasteiger charge is 2.39. The summed E-state index contributed by atoms with van der Waals surface area (Å²) in [5, 5.41) is 5.53. The van der Waals surface area contributed by atoms with Gasteiger partial charge in [0.1, 0.15) is 6.04 Å². The van der Waals surface area contributed by atoms with E-state index in [-0.39, 0.29) is 11.8 Å². The molecule has 0 radical (unpaired) electrons. The van der Waals surface area contributed by atoms with Gasteiger partial charge in [0.15, 0.2) is 0 Å². The first-order valence-electron chi connectivity index (χ1n) is 9.94. The lowest BCUT2D eigenvalue weighted by atomic mass is 9.89. The normalized spacial score (nSPS) is 13.0. The number of carbonyl (C=O) groups is 3. The zero-order valence-corrected chi connectivity index (χ0v) is 17.2. The first-order valence-corrected chi connectivity index (χ1v) is 9.94. The highest BCUT2D eigenvalue weighted by atomic mass is 16.5. The third-order valence-electron chi connectivity index (χ3n) is 5.42. The van der Waals surface area contributed by atoms with Crippen LogP contribution in [0.25, 0.3) is 11.1 Å². The van der Waals surface area contributed by atoms with Crippen LogP contribution in [-0.4, -0.2) is 30.9 Å². The Hall–Kier alpha value is -3.93. The quantitative estimate of drug-likeness (QED) is 0.623. The van der Waals surface area contributed by atoms with Crippen molar-refractivity contribution in [3.63, 3.8) is 0 Å². The molecule has 3 aromatic carbocycles. The Labute approximate surface area is 180 Å². The van der Waals surface area contributed by atoms with E-state index in [9.17, 15) is 14.4 Å². The maximum absolute atomic E-state index is 13.0. The summed E-state index contributed by atoms with van der Waals surface area (Å²) in [6, 6.07) is 21.4.